The molecule has 0 aliphatic carbocycles. The number of amides is 3. The minimum Gasteiger partial charge on any atom is -0.497 e. The number of anilines is 1. The molecule has 3 aromatic carbocycles. The van der Waals surface area contributed by atoms with Crippen molar-refractivity contribution < 1.29 is 27.5 Å². The van der Waals surface area contributed by atoms with E-state index >= 15 is 0 Å². The van der Waals surface area contributed by atoms with Crippen molar-refractivity contribution in [2.45, 2.75) is 13.1 Å². The summed E-state index contributed by atoms with van der Waals surface area (Å²) in [4.78, 5) is 29.7. The molecule has 3 amide bonds. The van der Waals surface area contributed by atoms with Crippen LogP contribution in [-0.4, -0.2) is 59.6 Å². The van der Waals surface area contributed by atoms with Crippen LogP contribution in [-0.2, 0) is 6.18 Å². The zero-order valence-electron chi connectivity index (χ0n) is 22.6. The number of halogens is 3. The van der Waals surface area contributed by atoms with E-state index in [0.717, 1.165) is 34.8 Å². The summed E-state index contributed by atoms with van der Waals surface area (Å²) in [6.45, 7) is 3.14. The van der Waals surface area contributed by atoms with Crippen LogP contribution >= 0.6 is 0 Å². The fourth-order valence-electron chi connectivity index (χ4n) is 4.96. The second-order valence-electron chi connectivity index (χ2n) is 9.72. The Hall–Kier alpha value is -4.73. The Morgan fingerprint density at radius 3 is 2.12 bits per heavy atom. The van der Waals surface area contributed by atoms with E-state index in [9.17, 15) is 22.8 Å². The van der Waals surface area contributed by atoms with E-state index in [2.05, 4.69) is 5.32 Å². The van der Waals surface area contributed by atoms with Crippen molar-refractivity contribution in [2.75, 3.05) is 38.6 Å². The van der Waals surface area contributed by atoms with Gasteiger partial charge in [0.05, 0.1) is 23.9 Å². The molecule has 1 aromatic heterocycles. The standard InChI is InChI=1S/C31H29F3N4O3/c1-21-27(20-28(22-7-4-3-5-8-22)38(21)25-9-6-10-26(19-25)41-2)29(39)36-15-17-37(18-16-36)30(40)35-24-13-11-23(12-14-24)31(32,33)34/h3-14,19-20H,15-18H2,1-2H3,(H,35,40). The number of carbonyl (C=O) groups excluding carboxylic acids is 2. The number of carbonyl (C=O) groups is 2. The molecule has 1 saturated heterocycles. The molecule has 1 N–H and O–H groups in total. The average molecular weight is 563 g/mol. The number of methoxy groups -OCH3 is 1. The quantitative estimate of drug-likeness (QED) is 0.303. The molecule has 1 aliphatic heterocycles. The van der Waals surface area contributed by atoms with Gasteiger partial charge in [-0.2, -0.15) is 13.2 Å². The smallest absolute Gasteiger partial charge is 0.416 e. The molecule has 0 radical (unpaired) electrons. The maximum Gasteiger partial charge on any atom is 0.416 e. The van der Waals surface area contributed by atoms with Crippen LogP contribution in [0.5, 0.6) is 5.75 Å². The summed E-state index contributed by atoms with van der Waals surface area (Å²) in [6, 6.07) is 23.2. The van der Waals surface area contributed by atoms with Gasteiger partial charge in [0.1, 0.15) is 5.75 Å². The lowest BCUT2D eigenvalue weighted by Crippen LogP contribution is -2.51. The summed E-state index contributed by atoms with van der Waals surface area (Å²) in [6.07, 6.45) is -4.44. The van der Waals surface area contributed by atoms with Gasteiger partial charge in [-0.3, -0.25) is 4.79 Å². The molecule has 4 aromatic rings. The summed E-state index contributed by atoms with van der Waals surface area (Å²) in [5.41, 5.74) is 3.53. The van der Waals surface area contributed by atoms with Gasteiger partial charge in [-0.05, 0) is 55.0 Å². The normalized spacial score (nSPS) is 13.7. The molecule has 0 atom stereocenters. The fourth-order valence-corrected chi connectivity index (χ4v) is 4.96. The Kier molecular flexibility index (Phi) is 7.74. The van der Waals surface area contributed by atoms with Gasteiger partial charge in [0.15, 0.2) is 0 Å². The van der Waals surface area contributed by atoms with Crippen molar-refractivity contribution in [1.29, 1.82) is 0 Å². The Morgan fingerprint density at radius 1 is 0.829 bits per heavy atom. The van der Waals surface area contributed by atoms with Gasteiger partial charge in [-0.1, -0.05) is 36.4 Å². The first-order valence-corrected chi connectivity index (χ1v) is 13.1. The number of ether oxygens (including phenoxy) is 1. The van der Waals surface area contributed by atoms with Crippen LogP contribution in [0.1, 0.15) is 21.6 Å². The van der Waals surface area contributed by atoms with Gasteiger partial charge in [-0.25, -0.2) is 4.79 Å². The van der Waals surface area contributed by atoms with Gasteiger partial charge in [0.25, 0.3) is 5.91 Å². The van der Waals surface area contributed by atoms with E-state index in [-0.39, 0.29) is 11.6 Å². The average Bonchev–Trinajstić information content (AvgIpc) is 3.34. The number of nitrogens with zero attached hydrogens (tertiary/aromatic N) is 3. The van der Waals surface area contributed by atoms with E-state index in [4.69, 9.17) is 4.74 Å². The first-order chi connectivity index (χ1) is 19.7. The zero-order valence-corrected chi connectivity index (χ0v) is 22.6. The molecule has 2 heterocycles. The van der Waals surface area contributed by atoms with E-state index in [1.54, 1.807) is 16.9 Å². The van der Waals surface area contributed by atoms with Crippen LogP contribution in [0, 0.1) is 6.92 Å². The van der Waals surface area contributed by atoms with Gasteiger partial charge in [-0.15, -0.1) is 0 Å². The lowest BCUT2D eigenvalue weighted by molar-refractivity contribution is -0.137. The Balaban J connectivity index is 1.32. The molecule has 10 heteroatoms. The zero-order chi connectivity index (χ0) is 29.1. The van der Waals surface area contributed by atoms with Gasteiger partial charge in [0, 0.05) is 49.3 Å². The second kappa shape index (κ2) is 11.4. The van der Waals surface area contributed by atoms with Crippen molar-refractivity contribution in [3.05, 3.63) is 102 Å². The van der Waals surface area contributed by atoms with Crippen LogP contribution in [0.25, 0.3) is 16.9 Å². The van der Waals surface area contributed by atoms with E-state index in [0.29, 0.717) is 37.5 Å². The maximum absolute atomic E-state index is 13.7. The summed E-state index contributed by atoms with van der Waals surface area (Å²) in [5.74, 6) is 0.567. The van der Waals surface area contributed by atoms with Crippen LogP contribution in [0.2, 0.25) is 0 Å². The topological polar surface area (TPSA) is 66.8 Å². The third-order valence-corrected chi connectivity index (χ3v) is 7.18. The highest BCUT2D eigenvalue weighted by atomic mass is 19.4. The minimum atomic E-state index is -4.44. The maximum atomic E-state index is 13.7. The number of aromatic nitrogens is 1. The highest BCUT2D eigenvalue weighted by Crippen LogP contribution is 2.32. The number of hydrogen-bond donors (Lipinski definition) is 1. The van der Waals surface area contributed by atoms with Gasteiger partial charge < -0.3 is 24.4 Å². The van der Waals surface area contributed by atoms with Crippen molar-refractivity contribution in [1.82, 2.24) is 14.4 Å². The number of rotatable bonds is 5. The number of alkyl halides is 3. The summed E-state index contributed by atoms with van der Waals surface area (Å²) < 4.78 is 45.9. The lowest BCUT2D eigenvalue weighted by Gasteiger charge is -2.34. The Morgan fingerprint density at radius 2 is 1.49 bits per heavy atom. The van der Waals surface area contributed by atoms with Crippen molar-refractivity contribution >= 4 is 17.6 Å². The Labute approximate surface area is 235 Å². The first kappa shape index (κ1) is 27.8. The van der Waals surface area contributed by atoms with Crippen LogP contribution < -0.4 is 10.1 Å². The van der Waals surface area contributed by atoms with Gasteiger partial charge in [0.2, 0.25) is 0 Å². The largest absolute Gasteiger partial charge is 0.497 e. The van der Waals surface area contributed by atoms with E-state index < -0.39 is 17.8 Å². The number of piperazine rings is 1. The van der Waals surface area contributed by atoms with Crippen molar-refractivity contribution in [3.8, 4) is 22.7 Å². The summed E-state index contributed by atoms with van der Waals surface area (Å²) >= 11 is 0. The van der Waals surface area contributed by atoms with Crippen molar-refractivity contribution in [2.24, 2.45) is 0 Å². The molecule has 0 unspecified atom stereocenters. The fraction of sp³-hybridized carbons (Fsp3) is 0.226. The van der Waals surface area contributed by atoms with Crippen LogP contribution in [0.3, 0.4) is 0 Å². The van der Waals surface area contributed by atoms with Gasteiger partial charge >= 0.3 is 12.2 Å². The molecule has 0 bridgehead atoms. The second-order valence-corrected chi connectivity index (χ2v) is 9.72. The van der Waals surface area contributed by atoms with E-state index in [1.165, 1.54) is 12.1 Å². The number of hydrogen-bond acceptors (Lipinski definition) is 3. The molecule has 5 rings (SSSR count). The molecule has 41 heavy (non-hydrogen) atoms. The third kappa shape index (κ3) is 5.91. The molecule has 0 saturated carbocycles. The summed E-state index contributed by atoms with van der Waals surface area (Å²) in [5, 5.41) is 2.63. The van der Waals surface area contributed by atoms with Crippen molar-refractivity contribution in [3.63, 3.8) is 0 Å². The highest BCUT2D eigenvalue weighted by Gasteiger charge is 2.31. The molecule has 1 aliphatic rings. The number of benzene rings is 3. The van der Waals surface area contributed by atoms with Crippen LogP contribution in [0.4, 0.5) is 23.7 Å². The molecule has 7 nitrogen and oxygen atoms in total. The molecule has 1 fully saturated rings. The number of nitrogens with one attached hydrogen (secondary N) is 1. The molecular formula is C31H29F3N4O3. The SMILES string of the molecule is COc1cccc(-n2c(-c3ccccc3)cc(C(=O)N3CCN(C(=O)Nc4ccc(C(F)(F)F)cc4)CC3)c2C)c1. The molecule has 212 valence electrons. The highest BCUT2D eigenvalue weighted by molar-refractivity contribution is 5.97. The number of urea groups is 1. The monoisotopic (exact) mass is 562 g/mol. The summed E-state index contributed by atoms with van der Waals surface area (Å²) in [7, 11) is 1.61. The predicted octanol–water partition coefficient (Wildman–Crippen LogP) is 6.47. The molecular weight excluding hydrogens is 533 g/mol. The lowest BCUT2D eigenvalue weighted by atomic mass is 10.1. The van der Waals surface area contributed by atoms with E-state index in [1.807, 2.05) is 72.2 Å². The first-order valence-electron chi connectivity index (χ1n) is 13.1. The third-order valence-electron chi connectivity index (χ3n) is 7.18. The minimum absolute atomic E-state index is 0.135. The Bertz CT molecular complexity index is 1540. The predicted molar refractivity (Wildman–Crippen MR) is 150 cm³/mol. The van der Waals surface area contributed by atoms with Crippen LogP contribution in [0.15, 0.2) is 84.9 Å². The molecule has 0 spiro atoms.